The van der Waals surface area contributed by atoms with Gasteiger partial charge in [-0.2, -0.15) is 8.42 Å². The van der Waals surface area contributed by atoms with Crippen LogP contribution in [0.3, 0.4) is 0 Å². The molecule has 23 heavy (non-hydrogen) atoms. The Kier molecular flexibility index (Phi) is 5.52. The van der Waals surface area contributed by atoms with Gasteiger partial charge in [-0.1, -0.05) is 42.0 Å². The van der Waals surface area contributed by atoms with E-state index in [1.807, 2.05) is 6.92 Å². The zero-order valence-corrected chi connectivity index (χ0v) is 13.8. The van der Waals surface area contributed by atoms with Crippen molar-refractivity contribution in [2.75, 3.05) is 0 Å². The van der Waals surface area contributed by atoms with Crippen molar-refractivity contribution in [1.82, 2.24) is 0 Å². The molecular weight excluding hydrogens is 316 g/mol. The van der Waals surface area contributed by atoms with Gasteiger partial charge in [0.15, 0.2) is 0 Å². The first kappa shape index (κ1) is 17.2. The minimum atomic E-state index is -3.78. The lowest BCUT2D eigenvalue weighted by Gasteiger charge is -2.07. The van der Waals surface area contributed by atoms with E-state index in [-0.39, 0.29) is 24.1 Å². The van der Waals surface area contributed by atoms with Crippen LogP contribution in [0.2, 0.25) is 0 Å². The van der Waals surface area contributed by atoms with E-state index in [0.717, 1.165) is 11.1 Å². The van der Waals surface area contributed by atoms with Crippen molar-refractivity contribution in [3.63, 3.8) is 0 Å². The van der Waals surface area contributed by atoms with E-state index >= 15 is 0 Å². The van der Waals surface area contributed by atoms with Gasteiger partial charge in [-0.3, -0.25) is 8.98 Å². The molecule has 0 unspecified atom stereocenters. The van der Waals surface area contributed by atoms with Gasteiger partial charge in [0.25, 0.3) is 10.1 Å². The highest BCUT2D eigenvalue weighted by Crippen LogP contribution is 2.16. The van der Waals surface area contributed by atoms with Crippen LogP contribution in [0.1, 0.15) is 23.6 Å². The van der Waals surface area contributed by atoms with Crippen LogP contribution in [0, 0.1) is 6.92 Å². The Morgan fingerprint density at radius 3 is 1.96 bits per heavy atom. The first-order valence-corrected chi connectivity index (χ1v) is 8.45. The molecule has 2 aromatic rings. The molecule has 5 nitrogen and oxygen atoms in total. The third kappa shape index (κ3) is 5.19. The van der Waals surface area contributed by atoms with Gasteiger partial charge in [0, 0.05) is 6.92 Å². The summed E-state index contributed by atoms with van der Waals surface area (Å²) in [6, 6.07) is 13.5. The number of hydrogen-bond acceptors (Lipinski definition) is 5. The molecule has 6 heteroatoms. The Morgan fingerprint density at radius 1 is 0.913 bits per heavy atom. The van der Waals surface area contributed by atoms with Gasteiger partial charge in [-0.05, 0) is 30.2 Å². The number of hydrogen-bond donors (Lipinski definition) is 0. The number of aryl methyl sites for hydroxylation is 1. The summed E-state index contributed by atoms with van der Waals surface area (Å²) in [6.45, 7) is 3.37. The Hall–Kier alpha value is -2.18. The highest BCUT2D eigenvalue weighted by molar-refractivity contribution is 7.86. The largest absolute Gasteiger partial charge is 0.461 e. The standard InChI is InChI=1S/C17H18O5S/c1-13-3-9-17(10-4-13)23(19,20)22-12-16-7-5-15(6-8-16)11-21-14(2)18/h3-10H,11-12H2,1-2H3. The molecule has 122 valence electrons. The van der Waals surface area contributed by atoms with Gasteiger partial charge < -0.3 is 4.74 Å². The monoisotopic (exact) mass is 334 g/mol. The molecule has 0 aliphatic carbocycles. The summed E-state index contributed by atoms with van der Waals surface area (Å²) in [4.78, 5) is 10.9. The van der Waals surface area contributed by atoms with E-state index in [4.69, 9.17) is 8.92 Å². The average molecular weight is 334 g/mol. The zero-order valence-electron chi connectivity index (χ0n) is 13.0. The molecule has 0 spiro atoms. The van der Waals surface area contributed by atoms with Gasteiger partial charge in [0.1, 0.15) is 6.61 Å². The Balaban J connectivity index is 1.97. The van der Waals surface area contributed by atoms with Gasteiger partial charge in [0.05, 0.1) is 11.5 Å². The van der Waals surface area contributed by atoms with Crippen molar-refractivity contribution < 1.29 is 22.1 Å². The second-order valence-electron chi connectivity index (χ2n) is 5.13. The molecule has 2 rings (SSSR count). The molecule has 0 atom stereocenters. The zero-order chi connectivity index (χ0) is 16.9. The molecule has 0 amide bonds. The number of carbonyl (C=O) groups excluding carboxylic acids is 1. The van der Waals surface area contributed by atoms with Crippen molar-refractivity contribution in [3.8, 4) is 0 Å². The minimum absolute atomic E-state index is 0.0515. The van der Waals surface area contributed by atoms with Crippen LogP contribution in [0.15, 0.2) is 53.4 Å². The molecule has 0 saturated heterocycles. The lowest BCUT2D eigenvalue weighted by Crippen LogP contribution is -2.06. The molecule has 0 fully saturated rings. The summed E-state index contributed by atoms with van der Waals surface area (Å²) in [5.74, 6) is -0.346. The first-order valence-electron chi connectivity index (χ1n) is 7.04. The maximum absolute atomic E-state index is 12.1. The summed E-state index contributed by atoms with van der Waals surface area (Å²) in [6.07, 6.45) is 0. The van der Waals surface area contributed by atoms with E-state index in [1.165, 1.54) is 19.1 Å². The van der Waals surface area contributed by atoms with Gasteiger partial charge in [-0.25, -0.2) is 0 Å². The van der Waals surface area contributed by atoms with Crippen LogP contribution in [0.5, 0.6) is 0 Å². The third-order valence-electron chi connectivity index (χ3n) is 3.16. The van der Waals surface area contributed by atoms with E-state index in [9.17, 15) is 13.2 Å². The molecule has 0 aromatic heterocycles. The van der Waals surface area contributed by atoms with Crippen molar-refractivity contribution in [2.45, 2.75) is 32.0 Å². The van der Waals surface area contributed by atoms with Crippen LogP contribution in [-0.2, 0) is 37.0 Å². The van der Waals surface area contributed by atoms with Crippen LogP contribution < -0.4 is 0 Å². The summed E-state index contributed by atoms with van der Waals surface area (Å²) in [7, 11) is -3.78. The predicted molar refractivity (Wildman–Crippen MR) is 85.1 cm³/mol. The van der Waals surface area contributed by atoms with E-state index in [1.54, 1.807) is 36.4 Å². The maximum Gasteiger partial charge on any atom is 0.302 e. The lowest BCUT2D eigenvalue weighted by molar-refractivity contribution is -0.142. The highest BCUT2D eigenvalue weighted by Gasteiger charge is 2.14. The number of benzene rings is 2. The fraction of sp³-hybridized carbons (Fsp3) is 0.235. The molecule has 0 radical (unpaired) electrons. The summed E-state index contributed by atoms with van der Waals surface area (Å²) in [5.41, 5.74) is 2.52. The van der Waals surface area contributed by atoms with Crippen LogP contribution >= 0.6 is 0 Å². The predicted octanol–water partition coefficient (Wildman–Crippen LogP) is 2.96. The summed E-state index contributed by atoms with van der Waals surface area (Å²) in [5, 5.41) is 0. The fourth-order valence-electron chi connectivity index (χ4n) is 1.84. The quantitative estimate of drug-likeness (QED) is 0.600. The molecule has 0 saturated carbocycles. The number of ether oxygens (including phenoxy) is 1. The molecule has 0 aliphatic heterocycles. The van der Waals surface area contributed by atoms with Crippen LogP contribution in [0.4, 0.5) is 0 Å². The molecule has 0 heterocycles. The van der Waals surface area contributed by atoms with Crippen LogP contribution in [-0.4, -0.2) is 14.4 Å². The molecule has 0 aliphatic rings. The Bertz CT molecular complexity index is 762. The summed E-state index contributed by atoms with van der Waals surface area (Å²) < 4.78 is 34.1. The first-order chi connectivity index (χ1) is 10.9. The van der Waals surface area contributed by atoms with Crippen molar-refractivity contribution in [1.29, 1.82) is 0 Å². The van der Waals surface area contributed by atoms with Crippen LogP contribution in [0.25, 0.3) is 0 Å². The maximum atomic E-state index is 12.1. The minimum Gasteiger partial charge on any atom is -0.461 e. The fourth-order valence-corrected chi connectivity index (χ4v) is 2.73. The Labute approximate surface area is 136 Å². The van der Waals surface area contributed by atoms with E-state index in [0.29, 0.717) is 5.56 Å². The van der Waals surface area contributed by atoms with Crippen molar-refractivity contribution in [2.24, 2.45) is 0 Å². The summed E-state index contributed by atoms with van der Waals surface area (Å²) >= 11 is 0. The Morgan fingerprint density at radius 2 is 1.43 bits per heavy atom. The average Bonchev–Trinajstić information content (AvgIpc) is 2.52. The normalized spacial score (nSPS) is 11.2. The molecule has 0 bridgehead atoms. The van der Waals surface area contributed by atoms with Gasteiger partial charge in [-0.15, -0.1) is 0 Å². The lowest BCUT2D eigenvalue weighted by atomic mass is 10.1. The van der Waals surface area contributed by atoms with Crippen molar-refractivity contribution in [3.05, 3.63) is 65.2 Å². The number of rotatable bonds is 6. The SMILES string of the molecule is CC(=O)OCc1ccc(COS(=O)(=O)c2ccc(C)cc2)cc1. The van der Waals surface area contributed by atoms with E-state index < -0.39 is 10.1 Å². The van der Waals surface area contributed by atoms with E-state index in [2.05, 4.69) is 0 Å². The molecule has 2 aromatic carbocycles. The third-order valence-corrected chi connectivity index (χ3v) is 4.43. The molecule has 0 N–H and O–H groups in total. The molecular formula is C17H18O5S. The smallest absolute Gasteiger partial charge is 0.302 e. The number of carbonyl (C=O) groups is 1. The van der Waals surface area contributed by atoms with Gasteiger partial charge in [0.2, 0.25) is 0 Å². The second-order valence-corrected chi connectivity index (χ2v) is 6.74. The van der Waals surface area contributed by atoms with Gasteiger partial charge >= 0.3 is 5.97 Å². The highest BCUT2D eigenvalue weighted by atomic mass is 32.2. The topological polar surface area (TPSA) is 69.7 Å². The second kappa shape index (κ2) is 7.39. The van der Waals surface area contributed by atoms with Crippen molar-refractivity contribution >= 4 is 16.1 Å². The number of esters is 1.